The largest absolute Gasteiger partial charge is 0.343 e. The van der Waals surface area contributed by atoms with Gasteiger partial charge < -0.3 is 10.2 Å². The Kier molecular flexibility index (Phi) is 4.93. The van der Waals surface area contributed by atoms with Crippen molar-refractivity contribution in [3.05, 3.63) is 11.6 Å². The van der Waals surface area contributed by atoms with Gasteiger partial charge in [-0.2, -0.15) is 5.10 Å². The standard InChI is InChI=1S/C14H23N5O2/c1-10(14(21)18-7-5-4-6-8-18)15-13(20)9-19-12(3)16-11(2)17-19/h10H,4-9H2,1-3H3,(H,15,20)/t10-/m1/s1. The molecule has 1 saturated heterocycles. The van der Waals surface area contributed by atoms with E-state index < -0.39 is 6.04 Å². The molecule has 1 aromatic heterocycles. The van der Waals surface area contributed by atoms with Crippen molar-refractivity contribution >= 4 is 11.8 Å². The summed E-state index contributed by atoms with van der Waals surface area (Å²) in [6.45, 7) is 6.99. The van der Waals surface area contributed by atoms with Crippen molar-refractivity contribution in [3.8, 4) is 0 Å². The van der Waals surface area contributed by atoms with E-state index in [0.717, 1.165) is 25.9 Å². The van der Waals surface area contributed by atoms with Gasteiger partial charge in [0.15, 0.2) is 0 Å². The fourth-order valence-corrected chi connectivity index (χ4v) is 2.58. The van der Waals surface area contributed by atoms with Gasteiger partial charge in [-0.15, -0.1) is 0 Å². The lowest BCUT2D eigenvalue weighted by Gasteiger charge is -2.29. The first-order valence-corrected chi connectivity index (χ1v) is 7.43. The zero-order valence-electron chi connectivity index (χ0n) is 12.9. The predicted octanol–water partition coefficient (Wildman–Crippen LogP) is 0.412. The highest BCUT2D eigenvalue weighted by Gasteiger charge is 2.23. The number of likely N-dealkylation sites (tertiary alicyclic amines) is 1. The van der Waals surface area contributed by atoms with Crippen LogP contribution >= 0.6 is 0 Å². The molecule has 116 valence electrons. The maximum atomic E-state index is 12.2. The summed E-state index contributed by atoms with van der Waals surface area (Å²) in [5, 5.41) is 6.88. The SMILES string of the molecule is Cc1nc(C)n(CC(=O)N[C@H](C)C(=O)N2CCCCC2)n1. The molecule has 1 aromatic rings. The fraction of sp³-hybridized carbons (Fsp3) is 0.714. The van der Waals surface area contributed by atoms with Crippen LogP contribution in [-0.4, -0.2) is 50.6 Å². The highest BCUT2D eigenvalue weighted by Crippen LogP contribution is 2.10. The molecule has 0 spiro atoms. The van der Waals surface area contributed by atoms with Crippen molar-refractivity contribution in [1.29, 1.82) is 0 Å². The number of amides is 2. The quantitative estimate of drug-likeness (QED) is 0.872. The normalized spacial score (nSPS) is 16.6. The van der Waals surface area contributed by atoms with E-state index in [9.17, 15) is 9.59 Å². The minimum Gasteiger partial charge on any atom is -0.343 e. The molecule has 2 rings (SSSR count). The molecule has 1 N–H and O–H groups in total. The molecule has 7 nitrogen and oxygen atoms in total. The van der Waals surface area contributed by atoms with Crippen molar-refractivity contribution < 1.29 is 9.59 Å². The number of carbonyl (C=O) groups is 2. The Morgan fingerprint density at radius 1 is 1.24 bits per heavy atom. The number of rotatable bonds is 4. The number of hydrogen-bond donors (Lipinski definition) is 1. The van der Waals surface area contributed by atoms with Gasteiger partial charge in [-0.3, -0.25) is 9.59 Å². The number of carbonyl (C=O) groups excluding carboxylic acids is 2. The molecule has 0 aromatic carbocycles. The number of aromatic nitrogens is 3. The number of piperidine rings is 1. The zero-order chi connectivity index (χ0) is 15.4. The lowest BCUT2D eigenvalue weighted by atomic mass is 10.1. The van der Waals surface area contributed by atoms with Gasteiger partial charge in [0.1, 0.15) is 24.2 Å². The third kappa shape index (κ3) is 4.03. The van der Waals surface area contributed by atoms with Gasteiger partial charge >= 0.3 is 0 Å². The van der Waals surface area contributed by atoms with Crippen LogP contribution in [0, 0.1) is 13.8 Å². The second-order valence-corrected chi connectivity index (χ2v) is 5.54. The average Bonchev–Trinajstić information content (AvgIpc) is 2.76. The molecule has 2 heterocycles. The number of nitrogens with one attached hydrogen (secondary N) is 1. The van der Waals surface area contributed by atoms with E-state index in [2.05, 4.69) is 15.4 Å². The average molecular weight is 293 g/mol. The summed E-state index contributed by atoms with van der Waals surface area (Å²) < 4.78 is 1.54. The van der Waals surface area contributed by atoms with Crippen molar-refractivity contribution in [3.63, 3.8) is 0 Å². The number of nitrogens with zero attached hydrogens (tertiary/aromatic N) is 4. The Morgan fingerprint density at radius 3 is 2.48 bits per heavy atom. The fourth-order valence-electron chi connectivity index (χ4n) is 2.58. The zero-order valence-corrected chi connectivity index (χ0v) is 12.9. The third-order valence-electron chi connectivity index (χ3n) is 3.67. The molecule has 1 aliphatic rings. The van der Waals surface area contributed by atoms with E-state index in [1.54, 1.807) is 25.5 Å². The molecular weight excluding hydrogens is 270 g/mol. The molecule has 0 unspecified atom stereocenters. The van der Waals surface area contributed by atoms with Crippen LogP contribution in [0.25, 0.3) is 0 Å². The van der Waals surface area contributed by atoms with Crippen LogP contribution in [0.2, 0.25) is 0 Å². The Labute approximate surface area is 124 Å². The Hall–Kier alpha value is -1.92. The molecule has 7 heteroatoms. The van der Waals surface area contributed by atoms with Crippen molar-refractivity contribution in [2.75, 3.05) is 13.1 Å². The smallest absolute Gasteiger partial charge is 0.244 e. The van der Waals surface area contributed by atoms with E-state index in [4.69, 9.17) is 0 Å². The number of hydrogen-bond acceptors (Lipinski definition) is 4. The molecular formula is C14H23N5O2. The number of aryl methyl sites for hydroxylation is 2. The summed E-state index contributed by atoms with van der Waals surface area (Å²) in [6, 6.07) is -0.500. The molecule has 1 aliphatic heterocycles. The minimum absolute atomic E-state index is 0.00505. The van der Waals surface area contributed by atoms with Crippen LogP contribution in [0.4, 0.5) is 0 Å². The molecule has 0 aliphatic carbocycles. The topological polar surface area (TPSA) is 80.1 Å². The van der Waals surface area contributed by atoms with Crippen molar-refractivity contribution in [2.24, 2.45) is 0 Å². The Balaban J connectivity index is 1.86. The van der Waals surface area contributed by atoms with Crippen molar-refractivity contribution in [1.82, 2.24) is 25.0 Å². The summed E-state index contributed by atoms with van der Waals surface area (Å²) >= 11 is 0. The monoisotopic (exact) mass is 293 g/mol. The molecule has 2 amide bonds. The molecule has 21 heavy (non-hydrogen) atoms. The van der Waals surface area contributed by atoms with Crippen LogP contribution in [-0.2, 0) is 16.1 Å². The summed E-state index contributed by atoms with van der Waals surface area (Å²) in [5.74, 6) is 1.10. The summed E-state index contributed by atoms with van der Waals surface area (Å²) in [4.78, 5) is 30.2. The highest BCUT2D eigenvalue weighted by atomic mass is 16.2. The van der Waals surface area contributed by atoms with Gasteiger partial charge in [0.25, 0.3) is 0 Å². The third-order valence-corrected chi connectivity index (χ3v) is 3.67. The van der Waals surface area contributed by atoms with Gasteiger partial charge in [-0.05, 0) is 40.0 Å². The van der Waals surface area contributed by atoms with Gasteiger partial charge in [-0.25, -0.2) is 9.67 Å². The van der Waals surface area contributed by atoms with E-state index in [1.807, 2.05) is 4.90 Å². The molecule has 1 atom stereocenters. The second-order valence-electron chi connectivity index (χ2n) is 5.54. The minimum atomic E-state index is -0.500. The van der Waals surface area contributed by atoms with E-state index in [-0.39, 0.29) is 18.4 Å². The van der Waals surface area contributed by atoms with E-state index in [1.165, 1.54) is 6.42 Å². The molecule has 0 saturated carbocycles. The van der Waals surface area contributed by atoms with Crippen LogP contribution in [0.15, 0.2) is 0 Å². The maximum Gasteiger partial charge on any atom is 0.244 e. The lowest BCUT2D eigenvalue weighted by Crippen LogP contribution is -2.49. The van der Waals surface area contributed by atoms with Crippen LogP contribution in [0.1, 0.15) is 37.8 Å². The van der Waals surface area contributed by atoms with Gasteiger partial charge in [-0.1, -0.05) is 0 Å². The van der Waals surface area contributed by atoms with Gasteiger partial charge in [0.05, 0.1) is 0 Å². The first-order valence-electron chi connectivity index (χ1n) is 7.43. The summed E-state index contributed by atoms with van der Waals surface area (Å²) in [5.41, 5.74) is 0. The Morgan fingerprint density at radius 2 is 1.90 bits per heavy atom. The molecule has 0 bridgehead atoms. The van der Waals surface area contributed by atoms with E-state index in [0.29, 0.717) is 11.6 Å². The first-order chi connectivity index (χ1) is 9.97. The lowest BCUT2D eigenvalue weighted by molar-refractivity contribution is -0.136. The van der Waals surface area contributed by atoms with Gasteiger partial charge in [0.2, 0.25) is 11.8 Å². The maximum absolute atomic E-state index is 12.2. The molecule has 1 fully saturated rings. The van der Waals surface area contributed by atoms with Crippen LogP contribution in [0.3, 0.4) is 0 Å². The van der Waals surface area contributed by atoms with Gasteiger partial charge in [0, 0.05) is 13.1 Å². The first kappa shape index (κ1) is 15.5. The second kappa shape index (κ2) is 6.69. The Bertz CT molecular complexity index is 519. The summed E-state index contributed by atoms with van der Waals surface area (Å²) in [6.07, 6.45) is 3.27. The van der Waals surface area contributed by atoms with E-state index >= 15 is 0 Å². The summed E-state index contributed by atoms with van der Waals surface area (Å²) in [7, 11) is 0. The predicted molar refractivity (Wildman–Crippen MR) is 77.5 cm³/mol. The van der Waals surface area contributed by atoms with Crippen LogP contribution < -0.4 is 5.32 Å². The van der Waals surface area contributed by atoms with Crippen LogP contribution in [0.5, 0.6) is 0 Å². The van der Waals surface area contributed by atoms with Crippen molar-refractivity contribution in [2.45, 2.75) is 52.6 Å². The highest BCUT2D eigenvalue weighted by molar-refractivity contribution is 5.87. The molecule has 0 radical (unpaired) electrons.